The van der Waals surface area contributed by atoms with Crippen molar-refractivity contribution in [1.82, 2.24) is 19.4 Å². The summed E-state index contributed by atoms with van der Waals surface area (Å²) in [4.78, 5) is 25.6. The highest BCUT2D eigenvalue weighted by Gasteiger charge is 2.17. The number of para-hydroxylation sites is 2. The molecule has 0 unspecified atom stereocenters. The largest absolute Gasteiger partial charge is 0.354 e. The summed E-state index contributed by atoms with van der Waals surface area (Å²) in [5.41, 5.74) is 1.73. The van der Waals surface area contributed by atoms with Crippen LogP contribution in [0, 0.1) is 0 Å². The molecule has 2 aromatic heterocycles. The molecular formula is C19H21N5O. The van der Waals surface area contributed by atoms with Crippen LogP contribution in [-0.2, 0) is 6.54 Å². The minimum Gasteiger partial charge on any atom is -0.354 e. The molecule has 0 spiro atoms. The Bertz CT molecular complexity index is 900. The monoisotopic (exact) mass is 335 g/mol. The first-order chi connectivity index (χ1) is 12.3. The van der Waals surface area contributed by atoms with Crippen molar-refractivity contribution in [1.29, 1.82) is 0 Å². The zero-order valence-corrected chi connectivity index (χ0v) is 14.1. The molecule has 0 bridgehead atoms. The molecule has 0 aliphatic carbocycles. The third-order valence-electron chi connectivity index (χ3n) is 4.74. The van der Waals surface area contributed by atoms with Crippen LogP contribution in [0.15, 0.2) is 59.7 Å². The third-order valence-corrected chi connectivity index (χ3v) is 4.74. The summed E-state index contributed by atoms with van der Waals surface area (Å²) in [6, 6.07) is 13.8. The summed E-state index contributed by atoms with van der Waals surface area (Å²) in [6.07, 6.45) is 3.25. The van der Waals surface area contributed by atoms with Gasteiger partial charge >= 0.3 is 0 Å². The number of benzene rings is 1. The second kappa shape index (κ2) is 7.03. The van der Waals surface area contributed by atoms with Gasteiger partial charge in [-0.2, -0.15) is 0 Å². The van der Waals surface area contributed by atoms with E-state index in [1.807, 2.05) is 47.2 Å². The number of rotatable bonds is 4. The van der Waals surface area contributed by atoms with Gasteiger partial charge in [0.2, 0.25) is 0 Å². The number of nitrogens with zero attached hydrogens (tertiary/aromatic N) is 5. The van der Waals surface area contributed by atoms with Gasteiger partial charge in [0.1, 0.15) is 5.82 Å². The second-order valence-electron chi connectivity index (χ2n) is 6.25. The minimum absolute atomic E-state index is 0.0363. The summed E-state index contributed by atoms with van der Waals surface area (Å²) in [5.74, 6) is 1.04. The van der Waals surface area contributed by atoms with E-state index in [-0.39, 0.29) is 5.56 Å². The van der Waals surface area contributed by atoms with E-state index < -0.39 is 0 Å². The molecule has 6 nitrogen and oxygen atoms in total. The van der Waals surface area contributed by atoms with Crippen molar-refractivity contribution in [3.05, 3.63) is 65.2 Å². The van der Waals surface area contributed by atoms with Crippen LogP contribution in [0.25, 0.3) is 11.0 Å². The molecule has 3 aromatic rings. The third kappa shape index (κ3) is 3.39. The maximum atomic E-state index is 12.2. The first-order valence-electron chi connectivity index (χ1n) is 8.64. The minimum atomic E-state index is -0.0363. The Hall–Kier alpha value is -2.73. The van der Waals surface area contributed by atoms with Gasteiger partial charge < -0.3 is 9.47 Å². The average molecular weight is 335 g/mol. The van der Waals surface area contributed by atoms with E-state index in [1.165, 1.54) is 6.20 Å². The van der Waals surface area contributed by atoms with Crippen molar-refractivity contribution in [2.45, 2.75) is 6.54 Å². The van der Waals surface area contributed by atoms with Gasteiger partial charge in [0.15, 0.2) is 0 Å². The molecule has 0 radical (unpaired) electrons. The van der Waals surface area contributed by atoms with Crippen molar-refractivity contribution >= 4 is 16.9 Å². The quantitative estimate of drug-likeness (QED) is 0.725. The molecule has 128 valence electrons. The summed E-state index contributed by atoms with van der Waals surface area (Å²) in [7, 11) is 0. The van der Waals surface area contributed by atoms with Gasteiger partial charge in [-0.1, -0.05) is 18.2 Å². The molecule has 1 aliphatic rings. The molecule has 3 heterocycles. The number of piperazine rings is 1. The Morgan fingerprint density at radius 3 is 2.48 bits per heavy atom. The van der Waals surface area contributed by atoms with Crippen LogP contribution in [0.3, 0.4) is 0 Å². The topological polar surface area (TPSA) is 54.3 Å². The van der Waals surface area contributed by atoms with Gasteiger partial charge in [0.05, 0.1) is 17.2 Å². The predicted molar refractivity (Wildman–Crippen MR) is 98.9 cm³/mol. The fraction of sp³-hybridized carbons (Fsp3) is 0.316. The fourth-order valence-corrected chi connectivity index (χ4v) is 3.33. The van der Waals surface area contributed by atoms with Gasteiger partial charge in [0, 0.05) is 45.5 Å². The Balaban J connectivity index is 1.40. The summed E-state index contributed by atoms with van der Waals surface area (Å²) in [6.45, 7) is 5.43. The van der Waals surface area contributed by atoms with Crippen LogP contribution in [0.1, 0.15) is 0 Å². The van der Waals surface area contributed by atoms with Crippen molar-refractivity contribution in [2.75, 3.05) is 37.6 Å². The maximum absolute atomic E-state index is 12.2. The van der Waals surface area contributed by atoms with Crippen LogP contribution in [0.5, 0.6) is 0 Å². The lowest BCUT2D eigenvalue weighted by Gasteiger charge is -2.35. The van der Waals surface area contributed by atoms with Crippen molar-refractivity contribution in [3.8, 4) is 0 Å². The maximum Gasteiger partial charge on any atom is 0.269 e. The molecule has 1 fully saturated rings. The molecule has 0 atom stereocenters. The standard InChI is InChI=1S/C19H21N5O/c25-19-15-21-16-5-1-2-6-17(16)24(19)14-11-22-9-12-23(13-10-22)18-7-3-4-8-20-18/h1-8,15H,9-14H2. The van der Waals surface area contributed by atoms with Crippen LogP contribution >= 0.6 is 0 Å². The van der Waals surface area contributed by atoms with Crippen molar-refractivity contribution in [2.24, 2.45) is 0 Å². The lowest BCUT2D eigenvalue weighted by Crippen LogP contribution is -2.47. The van der Waals surface area contributed by atoms with E-state index in [2.05, 4.69) is 25.8 Å². The zero-order chi connectivity index (χ0) is 17.1. The normalized spacial score (nSPS) is 15.6. The molecule has 25 heavy (non-hydrogen) atoms. The molecule has 0 amide bonds. The lowest BCUT2D eigenvalue weighted by molar-refractivity contribution is 0.248. The van der Waals surface area contributed by atoms with E-state index in [0.717, 1.165) is 49.6 Å². The predicted octanol–water partition coefficient (Wildman–Crippen LogP) is 1.61. The van der Waals surface area contributed by atoms with Gasteiger partial charge in [-0.3, -0.25) is 9.69 Å². The van der Waals surface area contributed by atoms with Crippen LogP contribution in [0.2, 0.25) is 0 Å². The molecular weight excluding hydrogens is 314 g/mol. The van der Waals surface area contributed by atoms with Crippen molar-refractivity contribution in [3.63, 3.8) is 0 Å². The van der Waals surface area contributed by atoms with E-state index in [1.54, 1.807) is 0 Å². The highest BCUT2D eigenvalue weighted by molar-refractivity contribution is 5.74. The number of hydrogen-bond donors (Lipinski definition) is 0. The van der Waals surface area contributed by atoms with Crippen molar-refractivity contribution < 1.29 is 0 Å². The molecule has 4 rings (SSSR count). The first-order valence-corrected chi connectivity index (χ1v) is 8.64. The van der Waals surface area contributed by atoms with E-state index in [0.29, 0.717) is 6.54 Å². The number of pyridine rings is 1. The second-order valence-corrected chi connectivity index (χ2v) is 6.25. The van der Waals surface area contributed by atoms with Crippen LogP contribution < -0.4 is 10.5 Å². The van der Waals surface area contributed by atoms with E-state index in [9.17, 15) is 4.79 Å². The number of anilines is 1. The SMILES string of the molecule is O=c1cnc2ccccc2n1CCN1CCN(c2ccccn2)CC1. The molecule has 1 aromatic carbocycles. The van der Waals surface area contributed by atoms with Gasteiger partial charge in [-0.05, 0) is 24.3 Å². The summed E-state index contributed by atoms with van der Waals surface area (Å²) >= 11 is 0. The Labute approximate surface area is 146 Å². The molecule has 1 saturated heterocycles. The van der Waals surface area contributed by atoms with Gasteiger partial charge in [-0.25, -0.2) is 9.97 Å². The van der Waals surface area contributed by atoms with Gasteiger partial charge in [0.25, 0.3) is 5.56 Å². The Morgan fingerprint density at radius 2 is 1.68 bits per heavy atom. The molecule has 0 saturated carbocycles. The number of hydrogen-bond acceptors (Lipinski definition) is 5. The highest BCUT2D eigenvalue weighted by atomic mass is 16.1. The molecule has 6 heteroatoms. The zero-order valence-electron chi connectivity index (χ0n) is 14.1. The van der Waals surface area contributed by atoms with Gasteiger partial charge in [-0.15, -0.1) is 0 Å². The Kier molecular flexibility index (Phi) is 4.43. The van der Waals surface area contributed by atoms with E-state index in [4.69, 9.17) is 0 Å². The summed E-state index contributed by atoms with van der Waals surface area (Å²) in [5, 5.41) is 0. The number of aromatic nitrogens is 3. The smallest absolute Gasteiger partial charge is 0.269 e. The van der Waals surface area contributed by atoms with E-state index >= 15 is 0 Å². The number of fused-ring (bicyclic) bond motifs is 1. The highest BCUT2D eigenvalue weighted by Crippen LogP contribution is 2.13. The first kappa shape index (κ1) is 15.8. The lowest BCUT2D eigenvalue weighted by atomic mass is 10.2. The molecule has 1 aliphatic heterocycles. The fourth-order valence-electron chi connectivity index (χ4n) is 3.33. The Morgan fingerprint density at radius 1 is 0.880 bits per heavy atom. The average Bonchev–Trinajstić information content (AvgIpc) is 2.68. The van der Waals surface area contributed by atoms with Crippen LogP contribution in [-0.4, -0.2) is 52.2 Å². The molecule has 0 N–H and O–H groups in total. The summed E-state index contributed by atoms with van der Waals surface area (Å²) < 4.78 is 1.83. The van der Waals surface area contributed by atoms with Crippen LogP contribution in [0.4, 0.5) is 5.82 Å².